The van der Waals surface area contributed by atoms with Crippen LogP contribution in [0.15, 0.2) is 0 Å². The summed E-state index contributed by atoms with van der Waals surface area (Å²) in [5, 5.41) is 0.952. The third kappa shape index (κ3) is 3.31. The van der Waals surface area contributed by atoms with Crippen LogP contribution in [0.5, 0.6) is 0 Å². The quantitative estimate of drug-likeness (QED) is 0.493. The smallest absolute Gasteiger partial charge is 0.263 e. The van der Waals surface area contributed by atoms with Crippen molar-refractivity contribution in [2.75, 3.05) is 14.2 Å². The molecule has 0 heterocycles. The molecule has 0 saturated heterocycles. The summed E-state index contributed by atoms with van der Waals surface area (Å²) in [4.78, 5) is 26.0. The molecule has 0 spiro atoms. The molecule has 0 aromatic carbocycles. The highest BCUT2D eigenvalue weighted by Gasteiger charge is 2.19. The van der Waals surface area contributed by atoms with Crippen LogP contribution in [0.25, 0.3) is 0 Å². The SMILES string of the molecule is CON(C)C(=O)C(N)CC(N)=O. The van der Waals surface area contributed by atoms with Crippen molar-refractivity contribution in [3.63, 3.8) is 0 Å². The third-order valence-electron chi connectivity index (χ3n) is 1.32. The van der Waals surface area contributed by atoms with Crippen LogP contribution < -0.4 is 11.5 Å². The number of carbonyl (C=O) groups is 2. The first-order valence-corrected chi connectivity index (χ1v) is 3.34. The van der Waals surface area contributed by atoms with E-state index in [0.717, 1.165) is 5.06 Å². The second-order valence-electron chi connectivity index (χ2n) is 2.30. The zero-order valence-electron chi connectivity index (χ0n) is 7.11. The Kier molecular flexibility index (Phi) is 4.24. The average Bonchev–Trinajstić information content (AvgIpc) is 2.00. The number of carbonyl (C=O) groups excluding carboxylic acids is 2. The molecule has 12 heavy (non-hydrogen) atoms. The molecule has 0 aliphatic heterocycles. The number of hydroxylamine groups is 2. The Labute approximate surface area is 70.4 Å². The van der Waals surface area contributed by atoms with Crippen molar-refractivity contribution in [3.8, 4) is 0 Å². The van der Waals surface area contributed by atoms with Crippen molar-refractivity contribution >= 4 is 11.8 Å². The van der Waals surface area contributed by atoms with Crippen LogP contribution in [0.3, 0.4) is 0 Å². The number of hydrogen-bond acceptors (Lipinski definition) is 4. The predicted octanol–water partition coefficient (Wildman–Crippen LogP) is -1.79. The predicted molar refractivity (Wildman–Crippen MR) is 41.6 cm³/mol. The Morgan fingerprint density at radius 3 is 2.42 bits per heavy atom. The molecule has 4 N–H and O–H groups in total. The lowest BCUT2D eigenvalue weighted by atomic mass is 10.2. The van der Waals surface area contributed by atoms with E-state index in [-0.39, 0.29) is 6.42 Å². The highest BCUT2D eigenvalue weighted by Crippen LogP contribution is 1.93. The molecule has 0 rings (SSSR count). The summed E-state index contributed by atoms with van der Waals surface area (Å²) < 4.78 is 0. The van der Waals surface area contributed by atoms with Gasteiger partial charge in [0.05, 0.1) is 19.6 Å². The summed E-state index contributed by atoms with van der Waals surface area (Å²) in [7, 11) is 2.73. The number of hydrogen-bond donors (Lipinski definition) is 2. The van der Waals surface area contributed by atoms with E-state index in [1.54, 1.807) is 0 Å². The van der Waals surface area contributed by atoms with Gasteiger partial charge >= 0.3 is 0 Å². The Morgan fingerprint density at radius 2 is 2.08 bits per heavy atom. The van der Waals surface area contributed by atoms with Crippen LogP contribution in [0.4, 0.5) is 0 Å². The number of rotatable bonds is 4. The Bertz CT molecular complexity index is 183. The zero-order chi connectivity index (χ0) is 9.72. The Balaban J connectivity index is 4.01. The number of nitrogens with two attached hydrogens (primary N) is 2. The van der Waals surface area contributed by atoms with E-state index < -0.39 is 17.9 Å². The van der Waals surface area contributed by atoms with Gasteiger partial charge in [0.1, 0.15) is 0 Å². The highest BCUT2D eigenvalue weighted by molar-refractivity contribution is 5.86. The molecule has 0 aliphatic rings. The van der Waals surface area contributed by atoms with Gasteiger partial charge in [-0.2, -0.15) is 0 Å². The van der Waals surface area contributed by atoms with Gasteiger partial charge in [-0.1, -0.05) is 0 Å². The van der Waals surface area contributed by atoms with Gasteiger partial charge in [-0.15, -0.1) is 0 Å². The molecule has 0 bridgehead atoms. The minimum absolute atomic E-state index is 0.174. The van der Waals surface area contributed by atoms with Crippen LogP contribution in [0, 0.1) is 0 Å². The van der Waals surface area contributed by atoms with Crippen molar-refractivity contribution in [2.24, 2.45) is 11.5 Å². The maximum absolute atomic E-state index is 11.1. The summed E-state index contributed by atoms with van der Waals surface area (Å²) in [6.07, 6.45) is -0.174. The second kappa shape index (κ2) is 4.68. The largest absolute Gasteiger partial charge is 0.370 e. The lowest BCUT2D eigenvalue weighted by molar-refractivity contribution is -0.170. The molecular weight excluding hydrogens is 162 g/mol. The highest BCUT2D eigenvalue weighted by atomic mass is 16.7. The number of primary amides is 1. The van der Waals surface area contributed by atoms with Crippen molar-refractivity contribution in [2.45, 2.75) is 12.5 Å². The fraction of sp³-hybridized carbons (Fsp3) is 0.667. The number of amides is 2. The first-order valence-electron chi connectivity index (χ1n) is 3.34. The first-order chi connectivity index (χ1) is 5.49. The fourth-order valence-corrected chi connectivity index (χ4v) is 0.628. The van der Waals surface area contributed by atoms with Crippen LogP contribution in [-0.4, -0.2) is 37.1 Å². The summed E-state index contributed by atoms with van der Waals surface area (Å²) in [5.41, 5.74) is 10.2. The summed E-state index contributed by atoms with van der Waals surface area (Å²) >= 11 is 0. The van der Waals surface area contributed by atoms with E-state index in [0.29, 0.717) is 0 Å². The van der Waals surface area contributed by atoms with Gasteiger partial charge in [-0.05, 0) is 0 Å². The summed E-state index contributed by atoms with van der Waals surface area (Å²) in [6.45, 7) is 0. The molecule has 70 valence electrons. The van der Waals surface area contributed by atoms with Gasteiger partial charge in [-0.25, -0.2) is 5.06 Å². The Morgan fingerprint density at radius 1 is 1.58 bits per heavy atom. The van der Waals surface area contributed by atoms with Crippen LogP contribution >= 0.6 is 0 Å². The Hall–Kier alpha value is -1.14. The normalized spacial score (nSPS) is 12.2. The maximum atomic E-state index is 11.1. The van der Waals surface area contributed by atoms with Gasteiger partial charge in [0.15, 0.2) is 0 Å². The topological polar surface area (TPSA) is 98.7 Å². The maximum Gasteiger partial charge on any atom is 0.263 e. The lowest BCUT2D eigenvalue weighted by Gasteiger charge is -2.17. The van der Waals surface area contributed by atoms with Crippen molar-refractivity contribution < 1.29 is 14.4 Å². The van der Waals surface area contributed by atoms with E-state index in [2.05, 4.69) is 4.84 Å². The summed E-state index contributed by atoms with van der Waals surface area (Å²) in [5.74, 6) is -1.09. The number of nitrogens with zero attached hydrogens (tertiary/aromatic N) is 1. The minimum atomic E-state index is -0.924. The molecule has 0 aromatic heterocycles. The summed E-state index contributed by atoms with van der Waals surface area (Å²) in [6, 6.07) is -0.924. The van der Waals surface area contributed by atoms with E-state index in [1.807, 2.05) is 0 Å². The van der Waals surface area contributed by atoms with Gasteiger partial charge < -0.3 is 11.5 Å². The molecular formula is C6H13N3O3. The second-order valence-corrected chi connectivity index (χ2v) is 2.30. The van der Waals surface area contributed by atoms with Crippen molar-refractivity contribution in [1.82, 2.24) is 5.06 Å². The fourth-order valence-electron chi connectivity index (χ4n) is 0.628. The monoisotopic (exact) mass is 175 g/mol. The van der Waals surface area contributed by atoms with Crippen LogP contribution in [0.1, 0.15) is 6.42 Å². The molecule has 0 aliphatic carbocycles. The first kappa shape index (κ1) is 10.9. The van der Waals surface area contributed by atoms with E-state index in [1.165, 1.54) is 14.2 Å². The van der Waals surface area contributed by atoms with Gasteiger partial charge in [0.2, 0.25) is 5.91 Å². The standard InChI is InChI=1S/C6H13N3O3/c1-9(12-2)6(11)4(7)3-5(8)10/h4H,3,7H2,1-2H3,(H2,8,10). The average molecular weight is 175 g/mol. The van der Waals surface area contributed by atoms with Gasteiger partial charge in [-0.3, -0.25) is 14.4 Å². The van der Waals surface area contributed by atoms with Gasteiger partial charge in [0.25, 0.3) is 5.91 Å². The molecule has 0 radical (unpaired) electrons. The molecule has 2 amide bonds. The van der Waals surface area contributed by atoms with Crippen LogP contribution in [-0.2, 0) is 14.4 Å². The zero-order valence-corrected chi connectivity index (χ0v) is 7.11. The molecule has 0 aromatic rings. The molecule has 6 nitrogen and oxygen atoms in total. The number of likely N-dealkylation sites (N-methyl/N-ethyl adjacent to an activating group) is 1. The molecule has 1 atom stereocenters. The lowest BCUT2D eigenvalue weighted by Crippen LogP contribution is -2.43. The van der Waals surface area contributed by atoms with Crippen molar-refractivity contribution in [3.05, 3.63) is 0 Å². The molecule has 1 unspecified atom stereocenters. The van der Waals surface area contributed by atoms with Crippen LogP contribution in [0.2, 0.25) is 0 Å². The molecule has 0 saturated carbocycles. The van der Waals surface area contributed by atoms with E-state index >= 15 is 0 Å². The van der Waals surface area contributed by atoms with Gasteiger partial charge in [0, 0.05) is 7.05 Å². The molecule has 6 heteroatoms. The molecule has 0 fully saturated rings. The third-order valence-corrected chi connectivity index (χ3v) is 1.32. The minimum Gasteiger partial charge on any atom is -0.370 e. The van der Waals surface area contributed by atoms with E-state index in [4.69, 9.17) is 11.5 Å². The van der Waals surface area contributed by atoms with E-state index in [9.17, 15) is 9.59 Å². The van der Waals surface area contributed by atoms with Crippen molar-refractivity contribution in [1.29, 1.82) is 0 Å².